The SMILES string of the molecule is C#Cc1csc(C2CCN(C(=O)OC(C)(C)C)CC2)n1.CC.CC(C)(C)OC(=O)CNC(=O)Cc1ccc(Br)cc1.CC(C)(C)OC(=O)NNC(=O)Cc1ccc(C#Cc2csc(C3CCN(C(=O)OC(C)(C)C)CC3)n2)cc1. The summed E-state index contributed by atoms with van der Waals surface area (Å²) in [5.74, 6) is 8.50. The van der Waals surface area contributed by atoms with Crippen LogP contribution in [-0.2, 0) is 46.2 Å². The molecule has 0 saturated carbocycles. The fourth-order valence-electron chi connectivity index (χ4n) is 7.24. The highest BCUT2D eigenvalue weighted by molar-refractivity contribution is 9.10. The average Bonchev–Trinajstić information content (AvgIpc) is 4.07. The summed E-state index contributed by atoms with van der Waals surface area (Å²) >= 11 is 6.54. The molecule has 430 valence electrons. The Morgan fingerprint density at radius 1 is 0.595 bits per heavy atom. The van der Waals surface area contributed by atoms with Crippen LogP contribution in [0, 0.1) is 24.2 Å². The Labute approximate surface area is 484 Å². The molecule has 0 spiro atoms. The maximum absolute atomic E-state index is 12.3. The second-order valence-electron chi connectivity index (χ2n) is 22.2. The van der Waals surface area contributed by atoms with Crippen molar-refractivity contribution in [3.8, 4) is 24.2 Å². The van der Waals surface area contributed by atoms with E-state index in [1.54, 1.807) is 74.0 Å². The van der Waals surface area contributed by atoms with E-state index in [4.69, 9.17) is 30.4 Å². The van der Waals surface area contributed by atoms with Crippen molar-refractivity contribution in [2.75, 3.05) is 32.7 Å². The van der Waals surface area contributed by atoms with Gasteiger partial charge in [-0.05, 0) is 156 Å². The first-order valence-electron chi connectivity index (χ1n) is 26.4. The van der Waals surface area contributed by atoms with Gasteiger partial charge in [0.1, 0.15) is 40.3 Å². The number of likely N-dealkylation sites (tertiary alicyclic amines) is 2. The lowest BCUT2D eigenvalue weighted by Gasteiger charge is -2.32. The fraction of sp³-hybridized carbons (Fsp3) is 0.525. The summed E-state index contributed by atoms with van der Waals surface area (Å²) in [5, 5.41) is 8.54. The lowest BCUT2D eigenvalue weighted by atomic mass is 9.98. The van der Waals surface area contributed by atoms with E-state index < -0.39 is 34.5 Å². The first-order valence-corrected chi connectivity index (χ1v) is 28.9. The van der Waals surface area contributed by atoms with Gasteiger partial charge in [0.05, 0.1) is 22.9 Å². The number of thiazole rings is 2. The highest BCUT2D eigenvalue weighted by Gasteiger charge is 2.30. The van der Waals surface area contributed by atoms with E-state index >= 15 is 0 Å². The van der Waals surface area contributed by atoms with E-state index in [1.807, 2.05) is 115 Å². The second kappa shape index (κ2) is 31.3. The summed E-state index contributed by atoms with van der Waals surface area (Å²) in [4.78, 5) is 83.7. The number of hydrogen-bond donors (Lipinski definition) is 3. The lowest BCUT2D eigenvalue weighted by Crippen LogP contribution is -2.44. The van der Waals surface area contributed by atoms with E-state index in [2.05, 4.69) is 54.8 Å². The summed E-state index contributed by atoms with van der Waals surface area (Å²) < 4.78 is 22.0. The number of carbonyl (C=O) groups excluding carboxylic acids is 6. The molecular formula is C59H80BrN7O10S2. The molecule has 2 aliphatic heterocycles. The number of nitrogens with one attached hydrogen (secondary N) is 3. The van der Waals surface area contributed by atoms with Crippen LogP contribution in [0.4, 0.5) is 14.4 Å². The van der Waals surface area contributed by atoms with Crippen LogP contribution in [0.5, 0.6) is 0 Å². The Morgan fingerprint density at radius 2 is 1.01 bits per heavy atom. The minimum absolute atomic E-state index is 0.103. The van der Waals surface area contributed by atoms with Crippen LogP contribution in [0.1, 0.15) is 173 Å². The van der Waals surface area contributed by atoms with Gasteiger partial charge in [-0.1, -0.05) is 60.0 Å². The second-order valence-corrected chi connectivity index (χ2v) is 24.9. The van der Waals surface area contributed by atoms with Gasteiger partial charge >= 0.3 is 24.2 Å². The number of esters is 1. The van der Waals surface area contributed by atoms with Gasteiger partial charge in [0, 0.05) is 58.8 Å². The molecule has 0 aliphatic carbocycles. The number of terminal acetylenes is 1. The largest absolute Gasteiger partial charge is 0.459 e. The Balaban J connectivity index is 0.000000336. The number of benzene rings is 2. The third kappa shape index (κ3) is 27.3. The summed E-state index contributed by atoms with van der Waals surface area (Å²) in [5.41, 5.74) is 6.37. The van der Waals surface area contributed by atoms with Crippen molar-refractivity contribution in [2.45, 2.75) is 170 Å². The van der Waals surface area contributed by atoms with E-state index in [0.717, 1.165) is 62.6 Å². The Kier molecular flexibility index (Phi) is 26.5. The van der Waals surface area contributed by atoms with Gasteiger partial charge in [-0.2, -0.15) is 0 Å². The van der Waals surface area contributed by atoms with E-state index in [1.165, 1.54) is 0 Å². The maximum atomic E-state index is 12.3. The Bertz CT molecular complexity index is 2720. The molecular weight excluding hydrogens is 1110 g/mol. The minimum Gasteiger partial charge on any atom is -0.459 e. The van der Waals surface area contributed by atoms with Gasteiger partial charge in [-0.3, -0.25) is 19.8 Å². The number of amides is 5. The molecule has 20 heteroatoms. The normalized spacial score (nSPS) is 13.8. The Morgan fingerprint density at radius 3 is 1.44 bits per heavy atom. The number of halogens is 1. The zero-order valence-corrected chi connectivity index (χ0v) is 51.6. The molecule has 2 aromatic carbocycles. The van der Waals surface area contributed by atoms with Crippen molar-refractivity contribution >= 4 is 74.7 Å². The quantitative estimate of drug-likeness (QED) is 0.0652. The molecule has 0 radical (unpaired) electrons. The van der Waals surface area contributed by atoms with Crippen LogP contribution in [-0.4, -0.2) is 111 Å². The van der Waals surface area contributed by atoms with Crippen molar-refractivity contribution in [3.63, 3.8) is 0 Å². The molecule has 5 amide bonds. The van der Waals surface area contributed by atoms with Crippen LogP contribution < -0.4 is 16.2 Å². The molecule has 17 nitrogen and oxygen atoms in total. The van der Waals surface area contributed by atoms with Crippen molar-refractivity contribution < 1.29 is 47.7 Å². The molecule has 2 aliphatic rings. The molecule has 0 bridgehead atoms. The zero-order valence-electron chi connectivity index (χ0n) is 48.3. The number of rotatable bonds is 8. The summed E-state index contributed by atoms with van der Waals surface area (Å²) in [6, 6.07) is 14.8. The number of hydrazine groups is 1. The van der Waals surface area contributed by atoms with Crippen LogP contribution in [0.25, 0.3) is 0 Å². The molecule has 79 heavy (non-hydrogen) atoms. The zero-order chi connectivity index (χ0) is 59.1. The molecule has 4 heterocycles. The molecule has 0 atom stereocenters. The monoisotopic (exact) mass is 1190 g/mol. The van der Waals surface area contributed by atoms with Crippen molar-refractivity contribution in [1.82, 2.24) is 35.9 Å². The summed E-state index contributed by atoms with van der Waals surface area (Å²) in [7, 11) is 0. The molecule has 2 aromatic heterocycles. The van der Waals surface area contributed by atoms with Gasteiger partial charge in [-0.15, -0.1) is 29.1 Å². The molecule has 2 saturated heterocycles. The maximum Gasteiger partial charge on any atom is 0.426 e. The van der Waals surface area contributed by atoms with Crippen molar-refractivity contribution in [3.05, 3.63) is 102 Å². The number of nitrogens with zero attached hydrogens (tertiary/aromatic N) is 4. The van der Waals surface area contributed by atoms with Crippen LogP contribution in [0.15, 0.2) is 63.8 Å². The minimum atomic E-state index is -0.715. The van der Waals surface area contributed by atoms with Gasteiger partial charge in [0.2, 0.25) is 11.8 Å². The highest BCUT2D eigenvalue weighted by Crippen LogP contribution is 2.32. The van der Waals surface area contributed by atoms with Crippen molar-refractivity contribution in [2.24, 2.45) is 0 Å². The number of hydrogen-bond acceptors (Lipinski definition) is 14. The van der Waals surface area contributed by atoms with Gasteiger partial charge < -0.3 is 34.1 Å². The van der Waals surface area contributed by atoms with E-state index in [-0.39, 0.29) is 43.4 Å². The summed E-state index contributed by atoms with van der Waals surface area (Å²) in [6.07, 6.45) is 8.02. The first kappa shape index (κ1) is 66.8. The topological polar surface area (TPSA) is 208 Å². The van der Waals surface area contributed by atoms with E-state index in [0.29, 0.717) is 43.7 Å². The third-order valence-electron chi connectivity index (χ3n) is 10.7. The number of ether oxygens (including phenoxy) is 4. The predicted octanol–water partition coefficient (Wildman–Crippen LogP) is 11.5. The molecule has 0 unspecified atom stereocenters. The van der Waals surface area contributed by atoms with Crippen molar-refractivity contribution in [1.29, 1.82) is 0 Å². The smallest absolute Gasteiger partial charge is 0.426 e. The molecule has 4 aromatic rings. The van der Waals surface area contributed by atoms with Gasteiger partial charge in [0.15, 0.2) is 0 Å². The van der Waals surface area contributed by atoms with Gasteiger partial charge in [0.25, 0.3) is 0 Å². The van der Waals surface area contributed by atoms with Crippen LogP contribution in [0.3, 0.4) is 0 Å². The first-order chi connectivity index (χ1) is 36.9. The third-order valence-corrected chi connectivity index (χ3v) is 13.2. The lowest BCUT2D eigenvalue weighted by molar-refractivity contribution is -0.154. The molecule has 2 fully saturated rings. The average molecular weight is 1190 g/mol. The standard InChI is InChI=1S/C28H36N4O5S.C15H20N2O2S.C14H18BrNO3.C2H6/c1-27(2,3)36-25(34)31-30-23(33)17-20-9-7-19(8-10-20)11-12-22-18-38-24(29-22)21-13-15-32(16-14-21)26(35)37-28(4,5)6;1-5-12-10-20-13(16-12)11-6-8-17(9-7-11)14(18)19-15(2,3)4;1-14(2,3)19-13(18)9-16-12(17)8-10-4-6-11(15)7-5-10;1-2/h7-10,18,21H,13-17H2,1-6H3,(H,30,33)(H,31,34);1,10-11H,6-9H2,2-4H3;4-7H,8-9H2,1-3H3,(H,16,17);1-2H3. The number of aromatic nitrogens is 2. The molecule has 6 rings (SSSR count). The predicted molar refractivity (Wildman–Crippen MR) is 313 cm³/mol. The number of piperidine rings is 2. The molecule has 3 N–H and O–H groups in total. The van der Waals surface area contributed by atoms with E-state index in [9.17, 15) is 28.8 Å². The van der Waals surface area contributed by atoms with Crippen LogP contribution >= 0.6 is 38.6 Å². The number of carbonyl (C=O) groups is 6. The van der Waals surface area contributed by atoms with Gasteiger partial charge in [-0.25, -0.2) is 29.8 Å². The van der Waals surface area contributed by atoms with Crippen LogP contribution in [0.2, 0.25) is 0 Å². The summed E-state index contributed by atoms with van der Waals surface area (Å²) in [6.45, 7) is 28.5. The Hall–Kier alpha value is -6.48. The fourth-order valence-corrected chi connectivity index (χ4v) is 9.36. The highest BCUT2D eigenvalue weighted by atomic mass is 79.9.